The minimum atomic E-state index is -1.29. The van der Waals surface area contributed by atoms with Gasteiger partial charge in [-0.1, -0.05) is 13.8 Å². The van der Waals surface area contributed by atoms with Crippen molar-refractivity contribution in [3.63, 3.8) is 0 Å². The van der Waals surface area contributed by atoms with Gasteiger partial charge < -0.3 is 19.7 Å². The molecule has 21 heavy (non-hydrogen) atoms. The van der Waals surface area contributed by atoms with Crippen LogP contribution in [0.1, 0.15) is 26.7 Å². The molecule has 2 saturated carbocycles. The van der Waals surface area contributed by atoms with Gasteiger partial charge in [0.15, 0.2) is 0 Å². The molecule has 7 atom stereocenters. The van der Waals surface area contributed by atoms with Crippen molar-refractivity contribution in [2.75, 3.05) is 13.2 Å². The summed E-state index contributed by atoms with van der Waals surface area (Å²) in [7, 11) is 0. The molecule has 6 heteroatoms. The van der Waals surface area contributed by atoms with E-state index in [0.717, 1.165) is 0 Å². The number of hydrogen-bond donors (Lipinski definition) is 2. The summed E-state index contributed by atoms with van der Waals surface area (Å²) in [6.45, 7) is 3.52. The van der Waals surface area contributed by atoms with Gasteiger partial charge in [-0.3, -0.25) is 9.59 Å². The van der Waals surface area contributed by atoms with Gasteiger partial charge in [0.25, 0.3) is 0 Å². The Hall–Kier alpha value is -0.820. The highest BCUT2D eigenvalue weighted by molar-refractivity contribution is 6.41. The summed E-state index contributed by atoms with van der Waals surface area (Å²) in [6.07, 6.45) is -1.03. The number of carbonyl (C=O) groups excluding carboxylic acids is 2. The highest BCUT2D eigenvalue weighted by atomic mass is 16.6. The third-order valence-corrected chi connectivity index (χ3v) is 6.55. The Balaban J connectivity index is 1.91. The first kappa shape index (κ1) is 13.8. The molecule has 2 aliphatic heterocycles. The van der Waals surface area contributed by atoms with Crippen molar-refractivity contribution in [1.29, 1.82) is 0 Å². The third-order valence-electron chi connectivity index (χ3n) is 6.55. The fourth-order valence-electron chi connectivity index (χ4n) is 5.17. The second-order valence-electron chi connectivity index (χ2n) is 7.29. The number of aliphatic hydroxyl groups excluding tert-OH is 2. The molecule has 7 unspecified atom stereocenters. The van der Waals surface area contributed by atoms with E-state index in [9.17, 15) is 19.8 Å². The zero-order valence-corrected chi connectivity index (χ0v) is 12.2. The molecular weight excluding hydrogens is 276 g/mol. The van der Waals surface area contributed by atoms with E-state index in [-0.39, 0.29) is 0 Å². The fourth-order valence-corrected chi connectivity index (χ4v) is 5.17. The maximum Gasteiger partial charge on any atom is 0.210 e. The monoisotopic (exact) mass is 296 g/mol. The summed E-state index contributed by atoms with van der Waals surface area (Å²) in [5.41, 5.74) is -2.79. The maximum absolute atomic E-state index is 12.8. The first-order valence-electron chi connectivity index (χ1n) is 7.51. The standard InChI is InChI=1S/C15H20O6/c1-7-3-9-14(5-16,11(19)10(7)18)13(2)4-8(17)12(21-9)15(13)6-20-15/h7-9,12,16-17H,3-6H2,1-2H3. The highest BCUT2D eigenvalue weighted by Crippen LogP contribution is 2.70. The number of ether oxygens (including phenoxy) is 2. The molecule has 0 aromatic heterocycles. The Morgan fingerprint density at radius 2 is 2.05 bits per heavy atom. The third kappa shape index (κ3) is 1.22. The van der Waals surface area contributed by atoms with E-state index in [4.69, 9.17) is 9.47 Å². The fraction of sp³-hybridized carbons (Fsp3) is 0.867. The lowest BCUT2D eigenvalue weighted by molar-refractivity contribution is -0.232. The number of rotatable bonds is 1. The summed E-state index contributed by atoms with van der Waals surface area (Å²) < 4.78 is 11.6. The highest BCUT2D eigenvalue weighted by Gasteiger charge is 2.83. The lowest BCUT2D eigenvalue weighted by Crippen LogP contribution is -2.70. The van der Waals surface area contributed by atoms with Gasteiger partial charge in [-0.2, -0.15) is 0 Å². The van der Waals surface area contributed by atoms with Gasteiger partial charge in [0, 0.05) is 11.3 Å². The molecule has 2 aliphatic carbocycles. The quantitative estimate of drug-likeness (QED) is 0.498. The van der Waals surface area contributed by atoms with Gasteiger partial charge in [0.1, 0.15) is 11.7 Å². The molecule has 6 nitrogen and oxygen atoms in total. The van der Waals surface area contributed by atoms with Crippen LogP contribution in [0.3, 0.4) is 0 Å². The SMILES string of the molecule is CC1CC2OC3C(O)CC(C)(C34CO4)C2(CO)C(=O)C1=O. The molecule has 116 valence electrons. The number of fused-ring (bicyclic) bond motifs is 2. The largest absolute Gasteiger partial charge is 0.395 e. The van der Waals surface area contributed by atoms with Gasteiger partial charge in [0.05, 0.1) is 30.8 Å². The van der Waals surface area contributed by atoms with Crippen molar-refractivity contribution >= 4 is 11.6 Å². The van der Waals surface area contributed by atoms with Crippen LogP contribution in [0, 0.1) is 16.7 Å². The zero-order chi connectivity index (χ0) is 15.2. The van der Waals surface area contributed by atoms with E-state index >= 15 is 0 Å². The van der Waals surface area contributed by atoms with Crippen LogP contribution in [0.25, 0.3) is 0 Å². The first-order chi connectivity index (χ1) is 9.84. The van der Waals surface area contributed by atoms with E-state index in [1.54, 1.807) is 6.92 Å². The Morgan fingerprint density at radius 3 is 2.62 bits per heavy atom. The van der Waals surface area contributed by atoms with Crippen LogP contribution in [0.4, 0.5) is 0 Å². The molecule has 4 aliphatic rings. The molecule has 2 bridgehead atoms. The van der Waals surface area contributed by atoms with Crippen molar-refractivity contribution in [1.82, 2.24) is 0 Å². The molecule has 0 aromatic rings. The molecule has 2 saturated heterocycles. The van der Waals surface area contributed by atoms with E-state index in [0.29, 0.717) is 19.4 Å². The molecule has 4 rings (SSSR count). The Kier molecular flexibility index (Phi) is 2.46. The lowest BCUT2D eigenvalue weighted by Gasteiger charge is -2.56. The predicted molar refractivity (Wildman–Crippen MR) is 69.4 cm³/mol. The van der Waals surface area contributed by atoms with Crippen molar-refractivity contribution in [2.45, 2.75) is 50.6 Å². The molecule has 0 amide bonds. The second kappa shape index (κ2) is 3.74. The Morgan fingerprint density at radius 1 is 1.38 bits per heavy atom. The summed E-state index contributed by atoms with van der Waals surface area (Å²) in [4.78, 5) is 25.1. The lowest BCUT2D eigenvalue weighted by atomic mass is 9.50. The molecule has 4 fully saturated rings. The van der Waals surface area contributed by atoms with Crippen LogP contribution in [0.2, 0.25) is 0 Å². The van der Waals surface area contributed by atoms with Gasteiger partial charge in [-0.25, -0.2) is 0 Å². The van der Waals surface area contributed by atoms with Gasteiger partial charge >= 0.3 is 0 Å². The molecule has 2 N–H and O–H groups in total. The molecule has 1 spiro atoms. The van der Waals surface area contributed by atoms with Crippen LogP contribution in [-0.2, 0) is 19.1 Å². The summed E-state index contributed by atoms with van der Waals surface area (Å²) in [5.74, 6) is -1.41. The van der Waals surface area contributed by atoms with Gasteiger partial charge in [-0.05, 0) is 12.8 Å². The number of hydrogen-bond acceptors (Lipinski definition) is 6. The van der Waals surface area contributed by atoms with Gasteiger partial charge in [-0.15, -0.1) is 0 Å². The first-order valence-corrected chi connectivity index (χ1v) is 7.51. The normalized spacial score (nSPS) is 58.5. The van der Waals surface area contributed by atoms with Crippen molar-refractivity contribution in [2.24, 2.45) is 16.7 Å². The minimum Gasteiger partial charge on any atom is -0.395 e. The smallest absolute Gasteiger partial charge is 0.210 e. The number of carbonyl (C=O) groups is 2. The number of epoxide rings is 1. The van der Waals surface area contributed by atoms with Crippen LogP contribution in [0.15, 0.2) is 0 Å². The molecule has 2 heterocycles. The van der Waals surface area contributed by atoms with Crippen LogP contribution in [0.5, 0.6) is 0 Å². The van der Waals surface area contributed by atoms with E-state index < -0.39 is 58.8 Å². The van der Waals surface area contributed by atoms with E-state index in [1.807, 2.05) is 6.92 Å². The molecular formula is C15H20O6. The summed E-state index contributed by atoms with van der Waals surface area (Å²) in [5, 5.41) is 20.4. The second-order valence-corrected chi connectivity index (χ2v) is 7.29. The average molecular weight is 296 g/mol. The number of Topliss-reactive ketones (excluding diaryl/α,β-unsaturated/α-hetero) is 2. The average Bonchev–Trinajstić information content (AvgIpc) is 3.20. The van der Waals surface area contributed by atoms with E-state index in [2.05, 4.69) is 0 Å². The van der Waals surface area contributed by atoms with Crippen molar-refractivity contribution in [3.05, 3.63) is 0 Å². The van der Waals surface area contributed by atoms with Crippen LogP contribution < -0.4 is 0 Å². The van der Waals surface area contributed by atoms with E-state index in [1.165, 1.54) is 0 Å². The summed E-state index contributed by atoms with van der Waals surface area (Å²) in [6, 6.07) is 0. The number of ketones is 2. The minimum absolute atomic E-state index is 0.308. The molecule has 0 aromatic carbocycles. The molecule has 0 radical (unpaired) electrons. The number of aliphatic hydroxyl groups is 2. The Labute approximate surface area is 122 Å². The predicted octanol–water partition coefficient (Wildman–Crippen LogP) is -0.550. The summed E-state index contributed by atoms with van der Waals surface area (Å²) >= 11 is 0. The van der Waals surface area contributed by atoms with Crippen LogP contribution in [-0.4, -0.2) is 58.9 Å². The Bertz CT molecular complexity index is 540. The van der Waals surface area contributed by atoms with Crippen molar-refractivity contribution < 1.29 is 29.3 Å². The zero-order valence-electron chi connectivity index (χ0n) is 12.2. The van der Waals surface area contributed by atoms with Gasteiger partial charge in [0.2, 0.25) is 11.6 Å². The maximum atomic E-state index is 12.8. The topological polar surface area (TPSA) is 96.4 Å². The van der Waals surface area contributed by atoms with Crippen LogP contribution >= 0.6 is 0 Å². The van der Waals surface area contributed by atoms with Crippen molar-refractivity contribution in [3.8, 4) is 0 Å².